The van der Waals surface area contributed by atoms with Crippen molar-refractivity contribution in [2.75, 3.05) is 4.72 Å². The molecule has 0 spiro atoms. The molecule has 0 atom stereocenters. The molecule has 0 bridgehead atoms. The molecule has 2 aromatic carbocycles. The van der Waals surface area contributed by atoms with Crippen molar-refractivity contribution >= 4 is 26.7 Å². The van der Waals surface area contributed by atoms with Crippen molar-refractivity contribution < 1.29 is 8.42 Å². The number of anilines is 1. The van der Waals surface area contributed by atoms with E-state index in [0.29, 0.717) is 5.82 Å². The predicted octanol–water partition coefficient (Wildman–Crippen LogP) is 3.91. The highest BCUT2D eigenvalue weighted by atomic mass is 32.2. The Balaban J connectivity index is 2.02. The molecular weight excluding hydrogens is 308 g/mol. The number of nitrogens with zero attached hydrogens (tertiary/aromatic N) is 1. The first kappa shape index (κ1) is 15.5. The van der Waals surface area contributed by atoms with Crippen LogP contribution >= 0.6 is 0 Å². The fourth-order valence-electron chi connectivity index (χ4n) is 2.51. The van der Waals surface area contributed by atoms with E-state index in [4.69, 9.17) is 0 Å². The van der Waals surface area contributed by atoms with Crippen LogP contribution in [0.2, 0.25) is 0 Å². The van der Waals surface area contributed by atoms with Gasteiger partial charge in [-0.2, -0.15) is 0 Å². The molecule has 0 aliphatic heterocycles. The Labute approximate surface area is 136 Å². The van der Waals surface area contributed by atoms with E-state index in [0.717, 1.165) is 28.5 Å². The van der Waals surface area contributed by atoms with Crippen molar-refractivity contribution in [2.45, 2.75) is 25.2 Å². The molecule has 4 nitrogen and oxygen atoms in total. The molecule has 3 aromatic rings. The summed E-state index contributed by atoms with van der Waals surface area (Å²) in [6.07, 6.45) is 0.808. The molecule has 0 saturated carbocycles. The van der Waals surface area contributed by atoms with Gasteiger partial charge in [0.05, 0.1) is 10.4 Å². The van der Waals surface area contributed by atoms with Gasteiger partial charge in [-0.25, -0.2) is 13.4 Å². The van der Waals surface area contributed by atoms with Gasteiger partial charge >= 0.3 is 0 Å². The van der Waals surface area contributed by atoms with Gasteiger partial charge < -0.3 is 0 Å². The number of para-hydroxylation sites is 1. The van der Waals surface area contributed by atoms with Crippen LogP contribution in [0, 0.1) is 6.92 Å². The van der Waals surface area contributed by atoms with Crippen LogP contribution < -0.4 is 4.72 Å². The molecule has 0 aliphatic carbocycles. The minimum Gasteiger partial charge on any atom is -0.263 e. The third-order valence-corrected chi connectivity index (χ3v) is 5.12. The fraction of sp³-hybridized carbons (Fsp3) is 0.167. The molecule has 0 fully saturated rings. The van der Waals surface area contributed by atoms with E-state index in [9.17, 15) is 8.42 Å². The Morgan fingerprint density at radius 2 is 1.74 bits per heavy atom. The number of hydrogen-bond donors (Lipinski definition) is 1. The van der Waals surface area contributed by atoms with Crippen LogP contribution in [-0.2, 0) is 16.4 Å². The summed E-state index contributed by atoms with van der Waals surface area (Å²) in [5, 5.41) is 1.05. The number of pyridine rings is 1. The lowest BCUT2D eigenvalue weighted by Gasteiger charge is -2.11. The highest BCUT2D eigenvalue weighted by molar-refractivity contribution is 7.92. The Kier molecular flexibility index (Phi) is 4.05. The molecule has 118 valence electrons. The van der Waals surface area contributed by atoms with E-state index in [1.165, 1.54) is 0 Å². The van der Waals surface area contributed by atoms with E-state index in [2.05, 4.69) is 9.71 Å². The Morgan fingerprint density at radius 3 is 2.43 bits per heavy atom. The fourth-order valence-corrected chi connectivity index (χ4v) is 3.50. The smallest absolute Gasteiger partial charge is 0.263 e. The van der Waals surface area contributed by atoms with Crippen molar-refractivity contribution in [3.8, 4) is 0 Å². The van der Waals surface area contributed by atoms with E-state index in [1.807, 2.05) is 38.1 Å². The molecule has 3 rings (SSSR count). The van der Waals surface area contributed by atoms with Gasteiger partial charge in [0.25, 0.3) is 10.0 Å². The SMILES string of the molecule is CCc1cc(NS(=O)(=O)c2ccc(C)cc2)nc2ccccc12. The van der Waals surface area contributed by atoms with Gasteiger partial charge in [-0.15, -0.1) is 0 Å². The molecule has 5 heteroatoms. The minimum atomic E-state index is -3.64. The first-order chi connectivity index (χ1) is 11.0. The minimum absolute atomic E-state index is 0.233. The number of fused-ring (bicyclic) bond motifs is 1. The maximum absolute atomic E-state index is 12.5. The van der Waals surface area contributed by atoms with Crippen molar-refractivity contribution in [1.29, 1.82) is 0 Å². The van der Waals surface area contributed by atoms with Crippen LogP contribution in [-0.4, -0.2) is 13.4 Å². The summed E-state index contributed by atoms with van der Waals surface area (Å²) in [5.74, 6) is 0.348. The molecule has 0 aliphatic rings. The normalized spacial score (nSPS) is 11.6. The van der Waals surface area contributed by atoms with Crippen LogP contribution in [0.3, 0.4) is 0 Å². The van der Waals surface area contributed by atoms with Gasteiger partial charge in [-0.05, 0) is 43.2 Å². The standard InChI is InChI=1S/C18H18N2O2S/c1-3-14-12-18(19-17-7-5-4-6-16(14)17)20-23(21,22)15-10-8-13(2)9-11-15/h4-12H,3H2,1-2H3,(H,19,20). The van der Waals surface area contributed by atoms with Crippen LogP contribution in [0.1, 0.15) is 18.1 Å². The third kappa shape index (κ3) is 3.19. The van der Waals surface area contributed by atoms with E-state index in [-0.39, 0.29) is 4.90 Å². The highest BCUT2D eigenvalue weighted by Crippen LogP contribution is 2.23. The quantitative estimate of drug-likeness (QED) is 0.791. The zero-order valence-electron chi connectivity index (χ0n) is 13.1. The summed E-state index contributed by atoms with van der Waals surface area (Å²) in [7, 11) is -3.64. The predicted molar refractivity (Wildman–Crippen MR) is 93.1 cm³/mol. The van der Waals surface area contributed by atoms with Crippen LogP contribution in [0.4, 0.5) is 5.82 Å². The Morgan fingerprint density at radius 1 is 1.04 bits per heavy atom. The summed E-state index contributed by atoms with van der Waals surface area (Å²) >= 11 is 0. The second kappa shape index (κ2) is 6.01. The number of nitrogens with one attached hydrogen (secondary N) is 1. The maximum Gasteiger partial charge on any atom is 0.263 e. The molecule has 1 N–H and O–H groups in total. The number of sulfonamides is 1. The molecular formula is C18H18N2O2S. The van der Waals surface area contributed by atoms with E-state index < -0.39 is 10.0 Å². The van der Waals surface area contributed by atoms with Gasteiger partial charge in [-0.1, -0.05) is 42.8 Å². The first-order valence-electron chi connectivity index (χ1n) is 7.48. The maximum atomic E-state index is 12.5. The average molecular weight is 326 g/mol. The summed E-state index contributed by atoms with van der Waals surface area (Å²) in [6.45, 7) is 3.96. The van der Waals surface area contributed by atoms with Crippen LogP contribution in [0.5, 0.6) is 0 Å². The highest BCUT2D eigenvalue weighted by Gasteiger charge is 2.15. The second-order valence-corrected chi connectivity index (χ2v) is 7.14. The van der Waals surface area contributed by atoms with Gasteiger partial charge in [0, 0.05) is 5.39 Å². The molecule has 1 heterocycles. The van der Waals surface area contributed by atoms with Crippen molar-refractivity contribution in [3.63, 3.8) is 0 Å². The Bertz CT molecular complexity index is 948. The number of benzene rings is 2. The lowest BCUT2D eigenvalue weighted by Crippen LogP contribution is -2.14. The molecule has 0 unspecified atom stereocenters. The third-order valence-electron chi connectivity index (χ3n) is 3.75. The summed E-state index contributed by atoms with van der Waals surface area (Å²) in [4.78, 5) is 4.65. The number of aryl methyl sites for hydroxylation is 2. The van der Waals surface area contributed by atoms with Gasteiger partial charge in [0.15, 0.2) is 0 Å². The van der Waals surface area contributed by atoms with Gasteiger partial charge in [0.2, 0.25) is 0 Å². The summed E-state index contributed by atoms with van der Waals surface area (Å²) in [6, 6.07) is 16.3. The molecule has 23 heavy (non-hydrogen) atoms. The monoisotopic (exact) mass is 326 g/mol. The lowest BCUT2D eigenvalue weighted by molar-refractivity contribution is 0.601. The Hall–Kier alpha value is -2.40. The molecule has 0 saturated heterocycles. The second-order valence-electron chi connectivity index (χ2n) is 5.46. The van der Waals surface area contributed by atoms with E-state index in [1.54, 1.807) is 30.3 Å². The van der Waals surface area contributed by atoms with Crippen molar-refractivity contribution in [1.82, 2.24) is 4.98 Å². The zero-order valence-corrected chi connectivity index (χ0v) is 13.9. The zero-order chi connectivity index (χ0) is 16.4. The van der Waals surface area contributed by atoms with E-state index >= 15 is 0 Å². The molecule has 0 amide bonds. The number of aromatic nitrogens is 1. The largest absolute Gasteiger partial charge is 0.263 e. The first-order valence-corrected chi connectivity index (χ1v) is 8.96. The van der Waals surface area contributed by atoms with Gasteiger partial charge in [-0.3, -0.25) is 4.72 Å². The molecule has 0 radical (unpaired) electrons. The van der Waals surface area contributed by atoms with Crippen molar-refractivity contribution in [2.24, 2.45) is 0 Å². The summed E-state index contributed by atoms with van der Waals surface area (Å²) in [5.41, 5.74) is 2.87. The lowest BCUT2D eigenvalue weighted by atomic mass is 10.1. The van der Waals surface area contributed by atoms with Crippen molar-refractivity contribution in [3.05, 3.63) is 65.7 Å². The topological polar surface area (TPSA) is 59.1 Å². The van der Waals surface area contributed by atoms with Gasteiger partial charge in [0.1, 0.15) is 5.82 Å². The number of rotatable bonds is 4. The number of hydrogen-bond acceptors (Lipinski definition) is 3. The summed E-state index contributed by atoms with van der Waals surface area (Å²) < 4.78 is 27.6. The van der Waals surface area contributed by atoms with Crippen LogP contribution in [0.25, 0.3) is 10.9 Å². The van der Waals surface area contributed by atoms with Crippen LogP contribution in [0.15, 0.2) is 59.5 Å². The average Bonchev–Trinajstić information content (AvgIpc) is 2.54. The molecule has 1 aromatic heterocycles.